The number of hydrogen-bond donors (Lipinski definition) is 1. The topological polar surface area (TPSA) is 41.6 Å². The Morgan fingerprint density at radius 3 is 2.84 bits per heavy atom. The smallest absolute Gasteiger partial charge is 0.317 e. The molecule has 136 valence electrons. The normalized spacial score (nSPS) is 33.0. The first-order valence-corrected chi connectivity index (χ1v) is 9.36. The summed E-state index contributed by atoms with van der Waals surface area (Å²) in [7, 11) is 0. The monoisotopic (exact) mass is 346 g/mol. The second kappa shape index (κ2) is 6.27. The number of carbonyl (C=O) groups is 1. The van der Waals surface area contributed by atoms with Gasteiger partial charge in [-0.15, -0.1) is 0 Å². The van der Waals surface area contributed by atoms with E-state index in [2.05, 4.69) is 19.2 Å². The Morgan fingerprint density at radius 1 is 1.32 bits per heavy atom. The average Bonchev–Trinajstić information content (AvgIpc) is 3.23. The summed E-state index contributed by atoms with van der Waals surface area (Å²) in [5, 5.41) is 3.27. The van der Waals surface area contributed by atoms with Gasteiger partial charge in [0.1, 0.15) is 5.82 Å². The molecule has 0 bridgehead atoms. The van der Waals surface area contributed by atoms with E-state index in [9.17, 15) is 9.18 Å². The fourth-order valence-corrected chi connectivity index (χ4v) is 4.98. The molecule has 25 heavy (non-hydrogen) atoms. The van der Waals surface area contributed by atoms with Crippen molar-refractivity contribution in [2.24, 2.45) is 17.3 Å². The van der Waals surface area contributed by atoms with E-state index in [0.717, 1.165) is 44.5 Å². The Morgan fingerprint density at radius 2 is 2.08 bits per heavy atom. The minimum atomic E-state index is -0.200. The molecule has 2 heterocycles. The fourth-order valence-electron chi connectivity index (χ4n) is 4.98. The zero-order valence-electron chi connectivity index (χ0n) is 15.0. The van der Waals surface area contributed by atoms with Crippen molar-refractivity contribution in [3.8, 4) is 0 Å². The van der Waals surface area contributed by atoms with Crippen LogP contribution in [0.25, 0.3) is 0 Å². The summed E-state index contributed by atoms with van der Waals surface area (Å²) >= 11 is 0. The number of amides is 2. The second-order valence-electron chi connectivity index (χ2n) is 8.42. The van der Waals surface area contributed by atoms with Crippen molar-refractivity contribution in [1.82, 2.24) is 10.2 Å². The van der Waals surface area contributed by atoms with Crippen molar-refractivity contribution in [3.63, 3.8) is 0 Å². The van der Waals surface area contributed by atoms with E-state index in [1.807, 2.05) is 17.0 Å². The van der Waals surface area contributed by atoms with Crippen LogP contribution in [0.2, 0.25) is 0 Å². The maximum Gasteiger partial charge on any atom is 0.317 e. The Labute approximate surface area is 148 Å². The highest BCUT2D eigenvalue weighted by Gasteiger charge is 2.60. The summed E-state index contributed by atoms with van der Waals surface area (Å²) in [6.45, 7) is 6.77. The number of ether oxygens (including phenoxy) is 1. The summed E-state index contributed by atoms with van der Waals surface area (Å²) in [5.41, 5.74) is 1.16. The lowest BCUT2D eigenvalue weighted by atomic mass is 9.57. The number of fused-ring (bicyclic) bond motifs is 1. The molecule has 1 aromatic rings. The molecule has 0 aromatic heterocycles. The molecular weight excluding hydrogens is 319 g/mol. The maximum absolute atomic E-state index is 13.0. The van der Waals surface area contributed by atoms with Crippen LogP contribution in [0.3, 0.4) is 0 Å². The van der Waals surface area contributed by atoms with E-state index in [1.54, 1.807) is 0 Å². The first-order valence-electron chi connectivity index (χ1n) is 9.36. The molecule has 1 N–H and O–H groups in total. The molecule has 4 atom stereocenters. The average molecular weight is 346 g/mol. The van der Waals surface area contributed by atoms with Crippen molar-refractivity contribution < 1.29 is 13.9 Å². The van der Waals surface area contributed by atoms with Crippen LogP contribution in [0, 0.1) is 23.1 Å². The molecule has 3 fully saturated rings. The predicted octanol–water partition coefficient (Wildman–Crippen LogP) is 3.21. The molecule has 2 aliphatic heterocycles. The van der Waals surface area contributed by atoms with Crippen LogP contribution in [0.1, 0.15) is 32.3 Å². The lowest BCUT2D eigenvalue weighted by Crippen LogP contribution is -2.67. The van der Waals surface area contributed by atoms with Gasteiger partial charge < -0.3 is 15.0 Å². The number of halogens is 1. The summed E-state index contributed by atoms with van der Waals surface area (Å²) in [6, 6.07) is 6.97. The van der Waals surface area contributed by atoms with Gasteiger partial charge in [0.05, 0.1) is 6.10 Å². The first kappa shape index (κ1) is 16.8. The van der Waals surface area contributed by atoms with Gasteiger partial charge in [-0.25, -0.2) is 9.18 Å². The van der Waals surface area contributed by atoms with Crippen LogP contribution < -0.4 is 5.32 Å². The molecule has 2 amide bonds. The number of hydrogen-bond acceptors (Lipinski definition) is 2. The van der Waals surface area contributed by atoms with Crippen LogP contribution >= 0.6 is 0 Å². The molecule has 1 saturated carbocycles. The quantitative estimate of drug-likeness (QED) is 0.913. The summed E-state index contributed by atoms with van der Waals surface area (Å²) in [5.74, 6) is 0.721. The van der Waals surface area contributed by atoms with Gasteiger partial charge >= 0.3 is 6.03 Å². The van der Waals surface area contributed by atoms with Crippen molar-refractivity contribution in [2.75, 3.05) is 19.7 Å². The second-order valence-corrected chi connectivity index (χ2v) is 8.42. The third-order valence-electron chi connectivity index (χ3n) is 6.39. The number of benzene rings is 1. The van der Waals surface area contributed by atoms with E-state index >= 15 is 0 Å². The minimum Gasteiger partial charge on any atom is -0.377 e. The van der Waals surface area contributed by atoms with Crippen LogP contribution in [0.15, 0.2) is 24.3 Å². The number of carbonyl (C=O) groups excluding carboxylic acids is 1. The first-order chi connectivity index (χ1) is 11.9. The summed E-state index contributed by atoms with van der Waals surface area (Å²) in [6.07, 6.45) is 3.25. The standard InChI is InChI=1S/C20H27FN2O2/c1-20(2)17(16-8-10-25-18(16)20)22-19(24)23-9-7-14(12-23)11-13-3-5-15(21)6-4-13/h3-6,14,16-18H,7-12H2,1-2H3,(H,22,24). The number of urea groups is 1. The van der Waals surface area contributed by atoms with Crippen molar-refractivity contribution in [3.05, 3.63) is 35.6 Å². The Bertz CT molecular complexity index is 646. The highest BCUT2D eigenvalue weighted by atomic mass is 19.1. The number of rotatable bonds is 3. The largest absolute Gasteiger partial charge is 0.377 e. The molecule has 0 spiro atoms. The molecule has 4 unspecified atom stereocenters. The van der Waals surface area contributed by atoms with Crippen LogP contribution in [0.4, 0.5) is 9.18 Å². The van der Waals surface area contributed by atoms with Gasteiger partial charge in [0.15, 0.2) is 0 Å². The minimum absolute atomic E-state index is 0.0179. The van der Waals surface area contributed by atoms with Gasteiger partial charge in [0, 0.05) is 37.1 Å². The molecule has 2 saturated heterocycles. The summed E-state index contributed by atoms with van der Waals surface area (Å²) < 4.78 is 18.8. The van der Waals surface area contributed by atoms with Crippen molar-refractivity contribution in [2.45, 2.75) is 45.3 Å². The van der Waals surface area contributed by atoms with Gasteiger partial charge in [0.25, 0.3) is 0 Å². The molecule has 3 aliphatic rings. The van der Waals surface area contributed by atoms with E-state index in [0.29, 0.717) is 17.9 Å². The zero-order chi connectivity index (χ0) is 17.6. The Hall–Kier alpha value is -1.62. The van der Waals surface area contributed by atoms with Gasteiger partial charge in [0.2, 0.25) is 0 Å². The Kier molecular flexibility index (Phi) is 4.22. The molecule has 1 aromatic carbocycles. The van der Waals surface area contributed by atoms with E-state index in [4.69, 9.17) is 4.74 Å². The molecule has 4 rings (SSSR count). The van der Waals surface area contributed by atoms with E-state index in [1.165, 1.54) is 12.1 Å². The third-order valence-corrected chi connectivity index (χ3v) is 6.39. The lowest BCUT2D eigenvalue weighted by molar-refractivity contribution is -0.109. The van der Waals surface area contributed by atoms with E-state index in [-0.39, 0.29) is 23.3 Å². The number of nitrogens with zero attached hydrogens (tertiary/aromatic N) is 1. The number of nitrogens with one attached hydrogen (secondary N) is 1. The maximum atomic E-state index is 13.0. The van der Waals surface area contributed by atoms with Gasteiger partial charge in [-0.1, -0.05) is 26.0 Å². The zero-order valence-corrected chi connectivity index (χ0v) is 15.0. The fraction of sp³-hybridized carbons (Fsp3) is 0.650. The SMILES string of the molecule is CC1(C)C(NC(=O)N2CCC(Cc3ccc(F)cc3)C2)C2CCOC21. The lowest BCUT2D eigenvalue weighted by Gasteiger charge is -2.54. The highest BCUT2D eigenvalue weighted by molar-refractivity contribution is 5.75. The van der Waals surface area contributed by atoms with Gasteiger partial charge in [-0.05, 0) is 42.9 Å². The van der Waals surface area contributed by atoms with Crippen LogP contribution in [-0.2, 0) is 11.2 Å². The molecular formula is C20H27FN2O2. The summed E-state index contributed by atoms with van der Waals surface area (Å²) in [4.78, 5) is 14.6. The molecule has 4 nitrogen and oxygen atoms in total. The van der Waals surface area contributed by atoms with E-state index < -0.39 is 0 Å². The molecule has 0 radical (unpaired) electrons. The van der Waals surface area contributed by atoms with Crippen molar-refractivity contribution >= 4 is 6.03 Å². The van der Waals surface area contributed by atoms with Crippen LogP contribution in [-0.4, -0.2) is 42.8 Å². The predicted molar refractivity (Wildman–Crippen MR) is 93.7 cm³/mol. The number of likely N-dealkylation sites (tertiary alicyclic amines) is 1. The van der Waals surface area contributed by atoms with Crippen LogP contribution in [0.5, 0.6) is 0 Å². The third kappa shape index (κ3) is 3.03. The highest BCUT2D eigenvalue weighted by Crippen LogP contribution is 2.52. The van der Waals surface area contributed by atoms with Crippen molar-refractivity contribution in [1.29, 1.82) is 0 Å². The van der Waals surface area contributed by atoms with Gasteiger partial charge in [-0.2, -0.15) is 0 Å². The Balaban J connectivity index is 1.31. The molecule has 5 heteroatoms. The molecule has 1 aliphatic carbocycles. The van der Waals surface area contributed by atoms with Gasteiger partial charge in [-0.3, -0.25) is 0 Å².